The lowest BCUT2D eigenvalue weighted by Crippen LogP contribution is -2.13. The Labute approximate surface area is 331 Å². The van der Waals surface area contributed by atoms with Crippen LogP contribution in [-0.4, -0.2) is 44.3 Å². The Morgan fingerprint density at radius 1 is 0.593 bits per heavy atom. The molecule has 2 heterocycles. The first kappa shape index (κ1) is 39.9. The van der Waals surface area contributed by atoms with Gasteiger partial charge in [-0.05, 0) is 114 Å². The zero-order valence-corrected chi connectivity index (χ0v) is 32.7. The van der Waals surface area contributed by atoms with Crippen molar-refractivity contribution in [2.75, 3.05) is 20.8 Å². The maximum Gasteiger partial charge on any atom is 0.310 e. The average molecular weight is 801 g/mol. The topological polar surface area (TPSA) is 122 Å². The van der Waals surface area contributed by atoms with Crippen LogP contribution in [0.25, 0.3) is 20.9 Å². The van der Waals surface area contributed by atoms with Crippen molar-refractivity contribution in [1.82, 2.24) is 0 Å². The van der Waals surface area contributed by atoms with Crippen molar-refractivity contribution in [2.45, 2.75) is 19.8 Å². The summed E-state index contributed by atoms with van der Waals surface area (Å²) in [5.41, 5.74) is 9.79. The van der Waals surface area contributed by atoms with Crippen LogP contribution < -0.4 is 15.2 Å². The first-order chi connectivity index (χ1) is 26.0. The van der Waals surface area contributed by atoms with Crippen molar-refractivity contribution in [3.05, 3.63) is 151 Å². The number of halogens is 2. The Balaban J connectivity index is 0.000000208. The number of rotatable bonds is 13. The van der Waals surface area contributed by atoms with Crippen LogP contribution in [0.2, 0.25) is 10.0 Å². The highest BCUT2D eigenvalue weighted by Gasteiger charge is 2.21. The zero-order valence-electron chi connectivity index (χ0n) is 29.5. The first-order valence-electron chi connectivity index (χ1n) is 16.6. The van der Waals surface area contributed by atoms with Gasteiger partial charge in [0.25, 0.3) is 0 Å². The van der Waals surface area contributed by atoms with Crippen LogP contribution in [0.5, 0.6) is 11.5 Å². The number of benzene rings is 4. The minimum Gasteiger partial charge on any atom is -0.497 e. The molecular weight excluding hydrogens is 766 g/mol. The fourth-order valence-corrected chi connectivity index (χ4v) is 7.91. The van der Waals surface area contributed by atoms with Gasteiger partial charge in [-0.25, -0.2) is 0 Å². The molecule has 8 nitrogen and oxygen atoms in total. The van der Waals surface area contributed by atoms with E-state index in [1.54, 1.807) is 106 Å². The predicted molar refractivity (Wildman–Crippen MR) is 216 cm³/mol. The number of ether oxygens (including phenoxy) is 3. The van der Waals surface area contributed by atoms with E-state index in [1.165, 1.54) is 22.7 Å². The number of esters is 1. The first-order valence-corrected chi connectivity index (χ1v) is 19.0. The zero-order chi connectivity index (χ0) is 38.8. The normalized spacial score (nSPS) is 10.5. The van der Waals surface area contributed by atoms with E-state index in [0.29, 0.717) is 49.0 Å². The number of nitrogens with two attached hydrogens (primary N) is 1. The summed E-state index contributed by atoms with van der Waals surface area (Å²) >= 11 is 14.6. The van der Waals surface area contributed by atoms with Crippen LogP contribution >= 0.6 is 45.9 Å². The molecular formula is C42H35Cl2NO7S2. The van der Waals surface area contributed by atoms with Gasteiger partial charge < -0.3 is 19.9 Å². The highest BCUT2D eigenvalue weighted by Crippen LogP contribution is 2.37. The molecule has 0 saturated heterocycles. The number of thiophene rings is 2. The summed E-state index contributed by atoms with van der Waals surface area (Å²) in [6.07, 6.45) is 0.183. The summed E-state index contributed by atoms with van der Waals surface area (Å²) in [5, 5.41) is 1.25. The number of carbonyl (C=O) groups excluding carboxylic acids is 4. The van der Waals surface area contributed by atoms with E-state index in [0.717, 1.165) is 32.0 Å². The Morgan fingerprint density at radius 2 is 0.981 bits per heavy atom. The molecule has 54 heavy (non-hydrogen) atoms. The van der Waals surface area contributed by atoms with E-state index in [4.69, 9.17) is 43.1 Å². The van der Waals surface area contributed by atoms with Gasteiger partial charge in [-0.3, -0.25) is 19.2 Å². The molecule has 0 aliphatic rings. The van der Waals surface area contributed by atoms with Gasteiger partial charge in [-0.2, -0.15) is 0 Å². The van der Waals surface area contributed by atoms with Crippen molar-refractivity contribution < 1.29 is 33.4 Å². The van der Waals surface area contributed by atoms with Crippen LogP contribution in [-0.2, 0) is 27.2 Å². The van der Waals surface area contributed by atoms with Crippen LogP contribution in [0.15, 0.2) is 109 Å². The number of hydrogen-bond donors (Lipinski definition) is 1. The summed E-state index contributed by atoms with van der Waals surface area (Å²) in [6.45, 7) is 2.08. The van der Waals surface area contributed by atoms with Crippen molar-refractivity contribution in [3.8, 4) is 32.4 Å². The lowest BCUT2D eigenvalue weighted by atomic mass is 10.0. The lowest BCUT2D eigenvalue weighted by molar-refractivity contribution is -0.142. The molecule has 0 bridgehead atoms. The standard InChI is InChI=1S/C22H19ClO4S.C20H16ClNO3S/c1-3-27-20(24)13-16-12-19(21(25)14-6-10-18(26-2)11-7-14)28-22(16)15-4-8-17(23)9-5-15;1-25-16-8-4-12(5-9-16)19(24)17-10-14(11-18(22)23)20(26-17)13-2-6-15(21)7-3-13/h4-12H,3,13H2,1-2H3;2-10H,11H2,1H3,(H2,22,23). The summed E-state index contributed by atoms with van der Waals surface area (Å²) in [4.78, 5) is 52.0. The molecule has 2 N–H and O–H groups in total. The molecule has 6 rings (SSSR count). The van der Waals surface area contributed by atoms with E-state index in [2.05, 4.69) is 0 Å². The fourth-order valence-electron chi connectivity index (χ4n) is 5.36. The maximum absolute atomic E-state index is 12.9. The average Bonchev–Trinajstić information content (AvgIpc) is 3.79. The predicted octanol–water partition coefficient (Wildman–Crippen LogP) is 9.75. The molecule has 12 heteroatoms. The monoisotopic (exact) mass is 799 g/mol. The van der Waals surface area contributed by atoms with Gasteiger partial charge in [0.15, 0.2) is 0 Å². The van der Waals surface area contributed by atoms with Gasteiger partial charge in [0.1, 0.15) is 11.5 Å². The summed E-state index contributed by atoms with van der Waals surface area (Å²) in [5.74, 6) is 0.401. The van der Waals surface area contributed by atoms with E-state index in [1.807, 2.05) is 24.3 Å². The van der Waals surface area contributed by atoms with Crippen LogP contribution in [0.3, 0.4) is 0 Å². The highest BCUT2D eigenvalue weighted by molar-refractivity contribution is 7.18. The Kier molecular flexibility index (Phi) is 13.8. The van der Waals surface area contributed by atoms with Gasteiger partial charge in [0.05, 0.1) is 43.4 Å². The highest BCUT2D eigenvalue weighted by atomic mass is 35.5. The van der Waals surface area contributed by atoms with Crippen molar-refractivity contribution in [2.24, 2.45) is 5.73 Å². The van der Waals surface area contributed by atoms with E-state index < -0.39 is 5.91 Å². The minimum atomic E-state index is -0.443. The third kappa shape index (κ3) is 10.2. The fraction of sp³-hybridized carbons (Fsp3) is 0.143. The molecule has 1 amide bonds. The molecule has 0 saturated carbocycles. The van der Waals surface area contributed by atoms with Crippen LogP contribution in [0.4, 0.5) is 0 Å². The molecule has 2 aromatic heterocycles. The second-order valence-corrected chi connectivity index (χ2v) is 14.7. The number of methoxy groups -OCH3 is 2. The van der Waals surface area contributed by atoms with Crippen molar-refractivity contribution >= 4 is 69.3 Å². The van der Waals surface area contributed by atoms with Crippen LogP contribution in [0.1, 0.15) is 48.5 Å². The number of hydrogen-bond acceptors (Lipinski definition) is 9. The molecule has 0 unspecified atom stereocenters. The molecule has 0 fully saturated rings. The third-order valence-corrected chi connectivity index (χ3v) is 10.9. The summed E-state index contributed by atoms with van der Waals surface area (Å²) in [6, 6.07) is 32.0. The number of amides is 1. The second-order valence-electron chi connectivity index (χ2n) is 11.7. The minimum absolute atomic E-state index is 0.0738. The smallest absolute Gasteiger partial charge is 0.310 e. The van der Waals surface area contributed by atoms with E-state index in [-0.39, 0.29) is 30.4 Å². The lowest BCUT2D eigenvalue weighted by Gasteiger charge is -2.04. The van der Waals surface area contributed by atoms with E-state index >= 15 is 0 Å². The molecule has 0 spiro atoms. The Bertz CT molecular complexity index is 2240. The van der Waals surface area contributed by atoms with E-state index in [9.17, 15) is 19.2 Å². The number of ketones is 2. The molecule has 0 atom stereocenters. The number of carbonyl (C=O) groups is 4. The maximum atomic E-state index is 12.9. The number of primary amides is 1. The summed E-state index contributed by atoms with van der Waals surface area (Å²) in [7, 11) is 3.15. The van der Waals surface area contributed by atoms with Gasteiger partial charge in [0, 0.05) is 30.9 Å². The molecule has 0 aliphatic heterocycles. The van der Waals surface area contributed by atoms with Gasteiger partial charge >= 0.3 is 5.97 Å². The second kappa shape index (κ2) is 18.7. The SMILES string of the molecule is CCOC(=O)Cc1cc(C(=O)c2ccc(OC)cc2)sc1-c1ccc(Cl)cc1.COc1ccc(C(=O)c2cc(CC(N)=O)c(-c3ccc(Cl)cc3)s2)cc1. The third-order valence-electron chi connectivity index (χ3n) is 7.99. The van der Waals surface area contributed by atoms with Gasteiger partial charge in [0.2, 0.25) is 17.5 Å². The molecule has 6 aromatic rings. The molecule has 0 aliphatic carbocycles. The Morgan fingerprint density at radius 3 is 1.33 bits per heavy atom. The molecule has 0 radical (unpaired) electrons. The molecule has 4 aromatic carbocycles. The van der Waals surface area contributed by atoms with Crippen molar-refractivity contribution in [1.29, 1.82) is 0 Å². The van der Waals surface area contributed by atoms with Crippen LogP contribution in [0, 0.1) is 0 Å². The van der Waals surface area contributed by atoms with Gasteiger partial charge in [-0.15, -0.1) is 22.7 Å². The summed E-state index contributed by atoms with van der Waals surface area (Å²) < 4.78 is 15.3. The quantitative estimate of drug-likeness (QED) is 0.0912. The van der Waals surface area contributed by atoms with Crippen molar-refractivity contribution in [3.63, 3.8) is 0 Å². The largest absolute Gasteiger partial charge is 0.497 e. The Hall–Kier alpha value is -5.26. The molecule has 276 valence electrons. The van der Waals surface area contributed by atoms with Gasteiger partial charge in [-0.1, -0.05) is 47.5 Å².